The zero-order valence-corrected chi connectivity index (χ0v) is 55.1. The number of carbonyl (C=O) groups excluding carboxylic acids is 6. The predicted octanol–water partition coefficient (Wildman–Crippen LogP) is 9.53. The number of hydrogen-bond acceptors (Lipinski definition) is 16. The van der Waals surface area contributed by atoms with E-state index >= 15 is 0 Å². The number of rotatable bonds is 14. The summed E-state index contributed by atoms with van der Waals surface area (Å²) in [7, 11) is -3.80. The number of ketones is 1. The van der Waals surface area contributed by atoms with Crippen molar-refractivity contribution in [1.82, 2.24) is 9.80 Å². The molecule has 0 radical (unpaired) electrons. The van der Waals surface area contributed by atoms with E-state index in [1.807, 2.05) is 41.5 Å². The van der Waals surface area contributed by atoms with Gasteiger partial charge in [-0.2, -0.15) is 0 Å². The van der Waals surface area contributed by atoms with Crippen LogP contribution in [0.15, 0.2) is 24.3 Å². The Morgan fingerprint density at radius 2 is 1.02 bits per heavy atom. The van der Waals surface area contributed by atoms with Gasteiger partial charge in [-0.05, 0) is 119 Å². The minimum atomic E-state index is -3.39. The summed E-state index contributed by atoms with van der Waals surface area (Å²) in [5.74, 6) is -2.68. The largest absolute Gasteiger partial charge is 0.467 e. The monoisotopic (exact) mass is 1230 g/mol. The van der Waals surface area contributed by atoms with Crippen molar-refractivity contribution < 1.29 is 64.7 Å². The predicted molar refractivity (Wildman–Crippen MR) is 321 cm³/mol. The summed E-state index contributed by atoms with van der Waals surface area (Å²) in [6, 6.07) is 3.75. The van der Waals surface area contributed by atoms with Gasteiger partial charge in [0.2, 0.25) is 11.8 Å². The highest BCUT2D eigenvalue weighted by molar-refractivity contribution is 7.93. The van der Waals surface area contributed by atoms with Crippen molar-refractivity contribution in [2.45, 2.75) is 220 Å². The highest BCUT2D eigenvalue weighted by Gasteiger charge is 2.71. The van der Waals surface area contributed by atoms with E-state index in [-0.39, 0.29) is 112 Å². The maximum absolute atomic E-state index is 13.9. The molecule has 1 aromatic rings. The quantitative estimate of drug-likeness (QED) is 0.0785. The molecule has 83 heavy (non-hydrogen) atoms. The molecule has 1 aromatic carbocycles. The van der Waals surface area contributed by atoms with Crippen LogP contribution in [0.5, 0.6) is 5.75 Å². The number of sulfone groups is 2. The van der Waals surface area contributed by atoms with Crippen LogP contribution in [0.4, 0.5) is 5.69 Å². The molecule has 4 saturated carbocycles. The first-order valence-corrected chi connectivity index (χ1v) is 32.5. The second-order valence-electron chi connectivity index (χ2n) is 29.4. The zero-order chi connectivity index (χ0) is 62.4. The Labute approximate surface area is 501 Å². The van der Waals surface area contributed by atoms with Gasteiger partial charge < -0.3 is 29.7 Å². The molecule has 7 rings (SSSR count). The molecule has 2 saturated heterocycles. The van der Waals surface area contributed by atoms with Crippen LogP contribution in [0.3, 0.4) is 0 Å². The molecule has 0 bridgehead atoms. The summed E-state index contributed by atoms with van der Waals surface area (Å²) >= 11 is 0. The van der Waals surface area contributed by atoms with Crippen molar-refractivity contribution in [2.75, 3.05) is 27.3 Å². The van der Waals surface area contributed by atoms with E-state index in [9.17, 15) is 55.7 Å². The number of benzene rings is 1. The van der Waals surface area contributed by atoms with Crippen LogP contribution in [-0.4, -0.2) is 132 Å². The number of halogens is 1. The Hall–Kier alpha value is -4.21. The Morgan fingerprint density at radius 1 is 0.639 bits per heavy atom. The molecule has 22 heteroatoms. The van der Waals surface area contributed by atoms with E-state index in [1.54, 1.807) is 51.3 Å². The summed E-state index contributed by atoms with van der Waals surface area (Å²) < 4.78 is 64.6. The third kappa shape index (κ3) is 15.5. The maximum Gasteiger partial charge on any atom is 0.328 e. The standard InChI is InChI=1S/C28H47NO6S.C23H30N2O7.C10H21NO2S.ClH/c1-26(2,3)19(24(31)29-16-20-22(28(20,7)8)23(29)25(32)35-9)15-18(30)14-17-12-10-11-13-21(17)36(33,34)27(4,5)6;1-22(2,3)15(11-17(26)32-14-9-7-13(8-10-14)25(29)30)20(27)24-12-16-18(23(16,4)5)19(24)21(28)31-6;1-10(2,3)14(12,13)9-7-5-4-6-8(9)11;/h17,19-23H,10-16H2,1-9H3;7-10,15-16,18-19H,11-12H2,1-6H3;8-9H,4-7,11H2,1-3H3;1H/t17-,19-,20+,21-,22+,23+;15-,16+,18+,19+;8-,9+;/m110./s1. The van der Waals surface area contributed by atoms with Crippen LogP contribution in [0, 0.1) is 73.2 Å². The lowest BCUT2D eigenvalue weighted by molar-refractivity contribution is -0.384. The van der Waals surface area contributed by atoms with E-state index < -0.39 is 92.0 Å². The topological polar surface area (TPSA) is 274 Å². The summed E-state index contributed by atoms with van der Waals surface area (Å²) in [6.45, 7) is 31.3. The number of ether oxygens (including phenoxy) is 3. The van der Waals surface area contributed by atoms with Crippen LogP contribution in [0.25, 0.3) is 0 Å². The minimum absolute atomic E-state index is 0. The van der Waals surface area contributed by atoms with E-state index in [0.29, 0.717) is 19.5 Å². The second-order valence-corrected chi connectivity index (χ2v) is 35.3. The molecule has 472 valence electrons. The fraction of sp³-hybridized carbons (Fsp3) is 0.803. The summed E-state index contributed by atoms with van der Waals surface area (Å²) in [4.78, 5) is 92.1. The molecule has 0 aromatic heterocycles. The average molecular weight is 1230 g/mol. The molecule has 4 aliphatic carbocycles. The first-order valence-electron chi connectivity index (χ1n) is 29.4. The SMILES string of the molecule is CC(C)(C)S(=O)(=O)[C@@H]1CCCC[C@@H]1N.COC(=O)[C@@H]1[C@@H]2[C@H](CN1C(=O)[C@@H](CC(=O)C[C@H]1CCCC[C@H]1S(=O)(=O)C(C)(C)C)C(C)(C)C)C2(C)C.COC(=O)[C@@H]1[C@@H]2[C@H](CN1C(=O)[C@@H](CC(=O)Oc1ccc([N+](=O)[O-])cc1)C(C)(C)C)C2(C)C.Cl. The van der Waals surface area contributed by atoms with Crippen LogP contribution in [-0.2, 0) is 57.9 Å². The lowest BCUT2D eigenvalue weighted by atomic mass is 9.75. The van der Waals surface area contributed by atoms with Crippen molar-refractivity contribution in [1.29, 1.82) is 0 Å². The Balaban J connectivity index is 0.000000289. The van der Waals surface area contributed by atoms with E-state index in [4.69, 9.17) is 19.9 Å². The van der Waals surface area contributed by atoms with Gasteiger partial charge in [0.1, 0.15) is 23.6 Å². The number of nitrogens with two attached hydrogens (primary N) is 1. The number of piperidine rings is 2. The van der Waals surface area contributed by atoms with Gasteiger partial charge in [0.25, 0.3) is 5.69 Å². The van der Waals surface area contributed by atoms with Crippen molar-refractivity contribution in [2.24, 2.45) is 68.8 Å². The Morgan fingerprint density at radius 3 is 1.41 bits per heavy atom. The molecule has 2 amide bonds. The van der Waals surface area contributed by atoms with Gasteiger partial charge in [0.15, 0.2) is 19.7 Å². The van der Waals surface area contributed by atoms with Crippen molar-refractivity contribution in [3.63, 3.8) is 0 Å². The lowest BCUT2D eigenvalue weighted by Gasteiger charge is -2.38. The molecule has 19 nitrogen and oxygen atoms in total. The highest BCUT2D eigenvalue weighted by Crippen LogP contribution is 2.66. The fourth-order valence-corrected chi connectivity index (χ4v) is 17.7. The van der Waals surface area contributed by atoms with Gasteiger partial charge in [-0.25, -0.2) is 26.4 Å². The molecule has 0 unspecified atom stereocenters. The molecule has 2 heterocycles. The zero-order valence-electron chi connectivity index (χ0n) is 52.7. The molecule has 2 N–H and O–H groups in total. The minimum Gasteiger partial charge on any atom is -0.467 e. The summed E-state index contributed by atoms with van der Waals surface area (Å²) in [5.41, 5.74) is 4.69. The van der Waals surface area contributed by atoms with Crippen molar-refractivity contribution >= 4 is 73.3 Å². The molecule has 0 spiro atoms. The fourth-order valence-electron chi connectivity index (χ4n) is 13.5. The number of nitro groups is 1. The number of nitrogens with zero attached hydrogens (tertiary/aromatic N) is 3. The first kappa shape index (κ1) is 71.3. The van der Waals surface area contributed by atoms with Gasteiger partial charge in [-0.1, -0.05) is 94.9 Å². The van der Waals surface area contributed by atoms with E-state index in [0.717, 1.165) is 44.9 Å². The van der Waals surface area contributed by atoms with Gasteiger partial charge in [0.05, 0.1) is 51.5 Å². The smallest absolute Gasteiger partial charge is 0.328 e. The van der Waals surface area contributed by atoms with Crippen LogP contribution >= 0.6 is 12.4 Å². The van der Waals surface area contributed by atoms with Gasteiger partial charge in [0, 0.05) is 61.9 Å². The Bertz CT molecular complexity index is 2780. The van der Waals surface area contributed by atoms with E-state index in [2.05, 4.69) is 27.7 Å². The lowest BCUT2D eigenvalue weighted by Crippen LogP contribution is -2.50. The number of likely N-dealkylation sites (tertiary alicyclic amines) is 2. The number of amides is 2. The van der Waals surface area contributed by atoms with Gasteiger partial charge in [-0.3, -0.25) is 29.3 Å². The second kappa shape index (κ2) is 26.0. The van der Waals surface area contributed by atoms with Gasteiger partial charge >= 0.3 is 17.9 Å². The third-order valence-electron chi connectivity index (χ3n) is 19.2. The number of esters is 3. The summed E-state index contributed by atoms with van der Waals surface area (Å²) in [6.07, 6.45) is 6.79. The number of carbonyl (C=O) groups is 6. The molecular formula is C61H99ClN4O15S2. The van der Waals surface area contributed by atoms with Crippen molar-refractivity contribution in [3.05, 3.63) is 34.4 Å². The van der Waals surface area contributed by atoms with Crippen LogP contribution < -0.4 is 10.5 Å². The highest BCUT2D eigenvalue weighted by atomic mass is 35.5. The third-order valence-corrected chi connectivity index (χ3v) is 25.4. The molecule has 6 fully saturated rings. The first-order chi connectivity index (χ1) is 37.4. The van der Waals surface area contributed by atoms with Crippen molar-refractivity contribution in [3.8, 4) is 5.75 Å². The normalized spacial score (nSPS) is 27.9. The number of nitro benzene ring substituents is 1. The number of non-ortho nitro benzene ring substituents is 1. The Kier molecular flexibility index (Phi) is 22.3. The number of hydrogen-bond donors (Lipinski definition) is 1. The number of Topliss-reactive ketones (excluding diaryl/α,β-unsaturated/α-hetero) is 1. The molecular weight excluding hydrogens is 1130 g/mol. The number of methoxy groups -OCH3 is 2. The summed E-state index contributed by atoms with van der Waals surface area (Å²) in [5, 5.41) is 9.94. The van der Waals surface area contributed by atoms with Gasteiger partial charge in [-0.15, -0.1) is 12.4 Å². The molecule has 12 atom stereocenters. The average Bonchev–Trinajstić information content (AvgIpc) is 2.23. The van der Waals surface area contributed by atoms with E-state index in [1.165, 1.54) is 38.5 Å². The van der Waals surface area contributed by atoms with Crippen LogP contribution in [0.2, 0.25) is 0 Å². The van der Waals surface area contributed by atoms with Crippen LogP contribution in [0.1, 0.15) is 181 Å². The molecule has 2 aliphatic heterocycles. The number of fused-ring (bicyclic) bond motifs is 2. The maximum atomic E-state index is 13.9. The molecule has 6 aliphatic rings.